The number of para-hydroxylation sites is 1. The van der Waals surface area contributed by atoms with Crippen molar-refractivity contribution >= 4 is 11.6 Å². The summed E-state index contributed by atoms with van der Waals surface area (Å²) >= 11 is 0. The van der Waals surface area contributed by atoms with Gasteiger partial charge in [-0.05, 0) is 43.2 Å². The number of anilines is 1. The van der Waals surface area contributed by atoms with Gasteiger partial charge in [0.2, 0.25) is 0 Å². The van der Waals surface area contributed by atoms with Gasteiger partial charge in [0, 0.05) is 25.8 Å². The van der Waals surface area contributed by atoms with Gasteiger partial charge in [-0.2, -0.15) is 18.3 Å². The van der Waals surface area contributed by atoms with Crippen molar-refractivity contribution in [3.8, 4) is 11.4 Å². The summed E-state index contributed by atoms with van der Waals surface area (Å²) in [5.41, 5.74) is 0.532. The molecule has 1 aromatic heterocycles. The predicted octanol–water partition coefficient (Wildman–Crippen LogP) is 4.55. The first-order chi connectivity index (χ1) is 15.3. The molecule has 0 saturated carbocycles. The number of carbonyl (C=O) groups is 1. The Kier molecular flexibility index (Phi) is 7.40. The number of methoxy groups -OCH3 is 1. The fourth-order valence-electron chi connectivity index (χ4n) is 3.19. The third-order valence-corrected chi connectivity index (χ3v) is 4.96. The lowest BCUT2D eigenvalue weighted by molar-refractivity contribution is -0.137. The molecule has 0 aliphatic heterocycles. The fourth-order valence-corrected chi connectivity index (χ4v) is 3.19. The van der Waals surface area contributed by atoms with Crippen molar-refractivity contribution in [2.45, 2.75) is 19.0 Å². The van der Waals surface area contributed by atoms with Crippen LogP contribution in [-0.4, -0.2) is 42.9 Å². The third-order valence-electron chi connectivity index (χ3n) is 4.96. The number of alkyl halides is 3. The highest BCUT2D eigenvalue weighted by Gasteiger charge is 2.30. The maximum absolute atomic E-state index is 13.0. The van der Waals surface area contributed by atoms with E-state index in [1.807, 2.05) is 37.4 Å². The number of halogens is 3. The second kappa shape index (κ2) is 10.2. The van der Waals surface area contributed by atoms with Gasteiger partial charge in [0.15, 0.2) is 11.4 Å². The van der Waals surface area contributed by atoms with Crippen LogP contribution >= 0.6 is 0 Å². The number of nitrogens with zero attached hydrogens (tertiary/aromatic N) is 3. The van der Waals surface area contributed by atoms with Gasteiger partial charge in [-0.1, -0.05) is 24.3 Å². The topological polar surface area (TPSA) is 59.4 Å². The van der Waals surface area contributed by atoms with Gasteiger partial charge < -0.3 is 15.0 Å². The molecule has 0 unspecified atom stereocenters. The van der Waals surface area contributed by atoms with Crippen LogP contribution in [0.15, 0.2) is 60.8 Å². The van der Waals surface area contributed by atoms with E-state index in [4.69, 9.17) is 4.74 Å². The Morgan fingerprint density at radius 3 is 2.56 bits per heavy atom. The van der Waals surface area contributed by atoms with Gasteiger partial charge in [0.1, 0.15) is 0 Å². The molecule has 0 atom stereocenters. The highest BCUT2D eigenvalue weighted by atomic mass is 19.4. The Bertz CT molecular complexity index is 1040. The quantitative estimate of drug-likeness (QED) is 0.490. The van der Waals surface area contributed by atoms with Crippen LogP contribution in [0.5, 0.6) is 5.75 Å². The number of benzene rings is 2. The number of unbranched alkanes of at least 4 members (excludes halogenated alkanes) is 1. The molecule has 0 radical (unpaired) electrons. The second-order valence-electron chi connectivity index (χ2n) is 7.26. The van der Waals surface area contributed by atoms with Crippen LogP contribution < -0.4 is 15.0 Å². The first kappa shape index (κ1) is 23.2. The Balaban J connectivity index is 1.57. The lowest BCUT2D eigenvalue weighted by Gasteiger charge is -2.19. The van der Waals surface area contributed by atoms with Crippen LogP contribution in [0.1, 0.15) is 28.9 Å². The van der Waals surface area contributed by atoms with Crippen molar-refractivity contribution in [2.24, 2.45) is 0 Å². The molecule has 6 nitrogen and oxygen atoms in total. The largest absolute Gasteiger partial charge is 0.493 e. The molecule has 0 aliphatic rings. The molecule has 170 valence electrons. The number of amides is 1. The zero-order chi connectivity index (χ0) is 23.1. The molecule has 1 heterocycles. The van der Waals surface area contributed by atoms with Crippen molar-refractivity contribution in [3.05, 3.63) is 72.1 Å². The second-order valence-corrected chi connectivity index (χ2v) is 7.26. The van der Waals surface area contributed by atoms with Gasteiger partial charge >= 0.3 is 6.18 Å². The normalized spacial score (nSPS) is 11.3. The molecule has 0 bridgehead atoms. The molecular weight excluding hydrogens is 421 g/mol. The number of nitrogens with one attached hydrogen (secondary N) is 1. The lowest BCUT2D eigenvalue weighted by Crippen LogP contribution is -2.26. The summed E-state index contributed by atoms with van der Waals surface area (Å²) < 4.78 is 45.4. The van der Waals surface area contributed by atoms with Crippen LogP contribution in [0.25, 0.3) is 5.69 Å². The minimum atomic E-state index is -4.47. The highest BCUT2D eigenvalue weighted by Crippen LogP contribution is 2.30. The summed E-state index contributed by atoms with van der Waals surface area (Å²) in [6.07, 6.45) is -1.44. The van der Waals surface area contributed by atoms with Gasteiger partial charge in [0.05, 0.1) is 24.6 Å². The van der Waals surface area contributed by atoms with E-state index in [1.165, 1.54) is 30.1 Å². The summed E-state index contributed by atoms with van der Waals surface area (Å²) in [5.74, 6) is -0.257. The van der Waals surface area contributed by atoms with Crippen molar-refractivity contribution in [3.63, 3.8) is 0 Å². The van der Waals surface area contributed by atoms with Crippen molar-refractivity contribution < 1.29 is 22.7 Å². The van der Waals surface area contributed by atoms with E-state index >= 15 is 0 Å². The average Bonchev–Trinajstić information content (AvgIpc) is 3.23. The molecule has 1 amide bonds. The summed E-state index contributed by atoms with van der Waals surface area (Å²) in [5, 5.41) is 6.94. The van der Waals surface area contributed by atoms with Gasteiger partial charge in [0.25, 0.3) is 5.91 Å². The smallest absolute Gasteiger partial charge is 0.416 e. The molecule has 0 fully saturated rings. The van der Waals surface area contributed by atoms with Gasteiger partial charge in [-0.3, -0.25) is 4.79 Å². The summed E-state index contributed by atoms with van der Waals surface area (Å²) in [6.45, 7) is 1.29. The Morgan fingerprint density at radius 2 is 1.88 bits per heavy atom. The average molecular weight is 446 g/mol. The zero-order valence-electron chi connectivity index (χ0n) is 17.9. The molecule has 1 N–H and O–H groups in total. The van der Waals surface area contributed by atoms with Gasteiger partial charge in [-0.15, -0.1) is 0 Å². The van der Waals surface area contributed by atoms with Crippen molar-refractivity contribution in [1.29, 1.82) is 0 Å². The lowest BCUT2D eigenvalue weighted by atomic mass is 10.2. The van der Waals surface area contributed by atoms with E-state index in [0.717, 1.165) is 37.2 Å². The minimum absolute atomic E-state index is 0.0197. The molecule has 32 heavy (non-hydrogen) atoms. The van der Waals surface area contributed by atoms with Crippen LogP contribution in [0.2, 0.25) is 0 Å². The minimum Gasteiger partial charge on any atom is -0.493 e. The number of ether oxygens (including phenoxy) is 1. The molecule has 0 saturated heterocycles. The highest BCUT2D eigenvalue weighted by molar-refractivity contribution is 5.94. The van der Waals surface area contributed by atoms with E-state index in [1.54, 1.807) is 0 Å². The third kappa shape index (κ3) is 5.81. The number of hydrogen-bond acceptors (Lipinski definition) is 4. The van der Waals surface area contributed by atoms with Crippen LogP contribution in [0.4, 0.5) is 18.9 Å². The molecule has 3 aromatic rings. The summed E-state index contributed by atoms with van der Waals surface area (Å²) in [6, 6.07) is 14.7. The van der Waals surface area contributed by atoms with E-state index < -0.39 is 17.6 Å². The number of hydrogen-bond donors (Lipinski definition) is 1. The maximum Gasteiger partial charge on any atom is 0.416 e. The van der Waals surface area contributed by atoms with Crippen molar-refractivity contribution in [1.82, 2.24) is 15.1 Å². The Labute approximate surface area is 184 Å². The van der Waals surface area contributed by atoms with Crippen LogP contribution in [-0.2, 0) is 6.18 Å². The number of rotatable bonds is 9. The first-order valence-electron chi connectivity index (χ1n) is 10.2. The Hall–Kier alpha value is -3.49. The summed E-state index contributed by atoms with van der Waals surface area (Å²) in [4.78, 5) is 14.7. The fraction of sp³-hybridized carbons (Fsp3) is 0.304. The molecule has 0 aliphatic carbocycles. The predicted molar refractivity (Wildman–Crippen MR) is 116 cm³/mol. The number of aromatic nitrogens is 2. The Morgan fingerprint density at radius 1 is 1.12 bits per heavy atom. The summed E-state index contributed by atoms with van der Waals surface area (Å²) in [7, 11) is 3.39. The van der Waals surface area contributed by atoms with E-state index in [9.17, 15) is 18.0 Å². The molecular formula is C23H25F3N4O2. The number of carbonyl (C=O) groups excluding carboxylic acids is 1. The maximum atomic E-state index is 13.0. The monoisotopic (exact) mass is 446 g/mol. The van der Waals surface area contributed by atoms with Crippen molar-refractivity contribution in [2.75, 3.05) is 32.1 Å². The zero-order valence-corrected chi connectivity index (χ0v) is 17.9. The van der Waals surface area contributed by atoms with E-state index in [0.29, 0.717) is 6.54 Å². The molecule has 0 spiro atoms. The van der Waals surface area contributed by atoms with Gasteiger partial charge in [-0.25, -0.2) is 4.68 Å². The van der Waals surface area contributed by atoms with Crippen LogP contribution in [0, 0.1) is 0 Å². The van der Waals surface area contributed by atoms with E-state index in [-0.39, 0.29) is 17.1 Å². The van der Waals surface area contributed by atoms with E-state index in [2.05, 4.69) is 15.3 Å². The molecule has 2 aromatic carbocycles. The standard InChI is InChI=1S/C23H25F3N4O2/c1-29(18-10-4-3-5-11-18)14-7-6-13-27-22(31)21-20(32-2)16-30(28-21)19-12-8-9-17(15-19)23(24,25)26/h3-5,8-12,15-16H,6-7,13-14H2,1-2H3,(H,27,31). The van der Waals surface area contributed by atoms with Crippen LogP contribution in [0.3, 0.4) is 0 Å². The first-order valence-corrected chi connectivity index (χ1v) is 10.2. The molecule has 3 rings (SSSR count). The SMILES string of the molecule is COc1cn(-c2cccc(C(F)(F)F)c2)nc1C(=O)NCCCCN(C)c1ccccc1. The molecule has 9 heteroatoms.